The highest BCUT2D eigenvalue weighted by Gasteiger charge is 2.29. The Morgan fingerprint density at radius 1 is 1.10 bits per heavy atom. The molecule has 0 saturated carbocycles. The van der Waals surface area contributed by atoms with E-state index in [1.165, 1.54) is 12.3 Å². The van der Waals surface area contributed by atoms with Crippen molar-refractivity contribution in [3.05, 3.63) is 89.6 Å². The number of cyclic esters (lactones) is 1. The van der Waals surface area contributed by atoms with Gasteiger partial charge in [0.1, 0.15) is 23.5 Å². The zero-order valence-electron chi connectivity index (χ0n) is 23.2. The van der Waals surface area contributed by atoms with E-state index in [9.17, 15) is 19.5 Å². The highest BCUT2D eigenvalue weighted by molar-refractivity contribution is 5.94. The molecule has 0 aromatic heterocycles. The number of rotatable bonds is 9. The van der Waals surface area contributed by atoms with Crippen LogP contribution in [0.15, 0.2) is 73.0 Å². The SMILES string of the molecule is CCCCCOC(=O)NC=CCC1C[C@@H](OC(=O)c2ccccc2)[C@@H](C)CC=CCc2cccc(O)c2C(=O)O1. The predicted octanol–water partition coefficient (Wildman–Crippen LogP) is 6.49. The van der Waals surface area contributed by atoms with Gasteiger partial charge in [-0.25, -0.2) is 14.4 Å². The molecule has 1 aliphatic rings. The molecule has 1 heterocycles. The van der Waals surface area contributed by atoms with Gasteiger partial charge in [0, 0.05) is 19.0 Å². The molecule has 1 aliphatic heterocycles. The molecule has 8 nitrogen and oxygen atoms in total. The summed E-state index contributed by atoms with van der Waals surface area (Å²) in [5, 5.41) is 13.0. The molecule has 1 unspecified atom stereocenters. The summed E-state index contributed by atoms with van der Waals surface area (Å²) in [6, 6.07) is 13.7. The maximum atomic E-state index is 13.3. The summed E-state index contributed by atoms with van der Waals surface area (Å²) < 4.78 is 17.0. The molecule has 2 N–H and O–H groups in total. The molecular weight excluding hydrogens is 510 g/mol. The van der Waals surface area contributed by atoms with E-state index in [0.717, 1.165) is 19.3 Å². The zero-order chi connectivity index (χ0) is 28.7. The molecule has 0 saturated heterocycles. The lowest BCUT2D eigenvalue weighted by atomic mass is 9.93. The molecule has 0 fully saturated rings. The van der Waals surface area contributed by atoms with E-state index in [0.29, 0.717) is 30.6 Å². The second-order valence-electron chi connectivity index (χ2n) is 9.90. The van der Waals surface area contributed by atoms with Crippen LogP contribution in [0, 0.1) is 5.92 Å². The molecular formula is C32H39NO7. The van der Waals surface area contributed by atoms with Gasteiger partial charge in [0.15, 0.2) is 0 Å². The third-order valence-electron chi connectivity index (χ3n) is 6.72. The van der Waals surface area contributed by atoms with Crippen molar-refractivity contribution in [2.45, 2.75) is 71.0 Å². The summed E-state index contributed by atoms with van der Waals surface area (Å²) in [7, 11) is 0. The summed E-state index contributed by atoms with van der Waals surface area (Å²) in [6.45, 7) is 4.41. The van der Waals surface area contributed by atoms with Crippen molar-refractivity contribution in [2.24, 2.45) is 5.92 Å². The molecule has 2 aromatic carbocycles. The van der Waals surface area contributed by atoms with Gasteiger partial charge in [-0.1, -0.05) is 75.2 Å². The van der Waals surface area contributed by atoms with Gasteiger partial charge in [0.25, 0.3) is 0 Å². The van der Waals surface area contributed by atoms with Crippen LogP contribution in [0.2, 0.25) is 0 Å². The number of benzene rings is 2. The van der Waals surface area contributed by atoms with Gasteiger partial charge in [-0.3, -0.25) is 5.32 Å². The first-order valence-electron chi connectivity index (χ1n) is 13.9. The van der Waals surface area contributed by atoms with Crippen molar-refractivity contribution in [1.29, 1.82) is 0 Å². The van der Waals surface area contributed by atoms with Gasteiger partial charge < -0.3 is 19.3 Å². The molecule has 2 aromatic rings. The molecule has 1 amide bonds. The third kappa shape index (κ3) is 9.59. The fraction of sp³-hybridized carbons (Fsp3) is 0.406. The maximum Gasteiger partial charge on any atom is 0.411 e. The van der Waals surface area contributed by atoms with Crippen LogP contribution < -0.4 is 5.32 Å². The topological polar surface area (TPSA) is 111 Å². The van der Waals surface area contributed by atoms with Gasteiger partial charge in [-0.05, 0) is 48.9 Å². The van der Waals surface area contributed by atoms with Crippen LogP contribution in [0.25, 0.3) is 0 Å². The average molecular weight is 550 g/mol. The Bertz CT molecular complexity index is 1180. The van der Waals surface area contributed by atoms with E-state index >= 15 is 0 Å². The Balaban J connectivity index is 1.78. The molecule has 3 atom stereocenters. The molecule has 3 rings (SSSR count). The van der Waals surface area contributed by atoms with Gasteiger partial charge in [0.05, 0.1) is 12.2 Å². The fourth-order valence-corrected chi connectivity index (χ4v) is 4.41. The smallest absolute Gasteiger partial charge is 0.411 e. The van der Waals surface area contributed by atoms with Crippen LogP contribution in [0.1, 0.15) is 78.7 Å². The van der Waals surface area contributed by atoms with Crippen molar-refractivity contribution in [2.75, 3.05) is 6.61 Å². The van der Waals surface area contributed by atoms with Crippen molar-refractivity contribution in [3.8, 4) is 5.75 Å². The number of carbonyl (C=O) groups excluding carboxylic acids is 3. The molecule has 0 bridgehead atoms. The lowest BCUT2D eigenvalue weighted by Crippen LogP contribution is -2.32. The van der Waals surface area contributed by atoms with Crippen molar-refractivity contribution >= 4 is 18.0 Å². The predicted molar refractivity (Wildman–Crippen MR) is 152 cm³/mol. The quantitative estimate of drug-likeness (QED) is 0.159. The normalized spacial score (nSPS) is 19.6. The number of hydrogen-bond acceptors (Lipinski definition) is 7. The van der Waals surface area contributed by atoms with Crippen LogP contribution in [0.3, 0.4) is 0 Å². The van der Waals surface area contributed by atoms with Crippen LogP contribution in [-0.4, -0.2) is 42.0 Å². The molecule has 0 radical (unpaired) electrons. The minimum Gasteiger partial charge on any atom is -0.507 e. The number of carbonyl (C=O) groups is 3. The lowest BCUT2D eigenvalue weighted by Gasteiger charge is -2.28. The minimum absolute atomic E-state index is 0.0617. The molecule has 40 heavy (non-hydrogen) atoms. The van der Waals surface area contributed by atoms with Crippen molar-refractivity contribution in [1.82, 2.24) is 5.32 Å². The van der Waals surface area contributed by atoms with Crippen molar-refractivity contribution < 1.29 is 33.7 Å². The minimum atomic E-state index is -0.696. The Hall–Kier alpha value is -4.07. The van der Waals surface area contributed by atoms with E-state index < -0.39 is 30.2 Å². The van der Waals surface area contributed by atoms with E-state index in [2.05, 4.69) is 12.2 Å². The number of alkyl carbamates (subject to hydrolysis) is 1. The third-order valence-corrected chi connectivity index (χ3v) is 6.72. The number of hydrogen-bond donors (Lipinski definition) is 2. The highest BCUT2D eigenvalue weighted by Crippen LogP contribution is 2.28. The molecule has 214 valence electrons. The van der Waals surface area contributed by atoms with E-state index in [-0.39, 0.29) is 30.1 Å². The van der Waals surface area contributed by atoms with E-state index in [4.69, 9.17) is 14.2 Å². The van der Waals surface area contributed by atoms with Gasteiger partial charge in [-0.15, -0.1) is 0 Å². The molecule has 0 aliphatic carbocycles. The summed E-state index contributed by atoms with van der Waals surface area (Å²) in [4.78, 5) is 38.1. The first kappa shape index (κ1) is 30.5. The molecule has 0 spiro atoms. The average Bonchev–Trinajstić information content (AvgIpc) is 2.95. The Labute approximate surface area is 236 Å². The van der Waals surface area contributed by atoms with Crippen LogP contribution >= 0.6 is 0 Å². The number of aromatic hydroxyl groups is 1. The monoisotopic (exact) mass is 549 g/mol. The van der Waals surface area contributed by atoms with Crippen LogP contribution in [-0.2, 0) is 20.6 Å². The van der Waals surface area contributed by atoms with Gasteiger partial charge >= 0.3 is 18.0 Å². The number of phenolic OH excluding ortho intramolecular Hbond substituents is 1. The van der Waals surface area contributed by atoms with Crippen molar-refractivity contribution in [3.63, 3.8) is 0 Å². The van der Waals surface area contributed by atoms with Gasteiger partial charge in [0.2, 0.25) is 0 Å². The summed E-state index contributed by atoms with van der Waals surface area (Å²) in [5.41, 5.74) is 1.20. The summed E-state index contributed by atoms with van der Waals surface area (Å²) in [5.74, 6) is -1.34. The number of amides is 1. The van der Waals surface area contributed by atoms with Gasteiger partial charge in [-0.2, -0.15) is 0 Å². The zero-order valence-corrected chi connectivity index (χ0v) is 23.2. The van der Waals surface area contributed by atoms with Crippen LogP contribution in [0.4, 0.5) is 4.79 Å². The standard InChI is InChI=1S/C32H39NO7/c1-3-4-10-21-38-32(37)33-20-12-18-26-22-28(40-30(35)25-15-6-5-7-16-25)23(2)13-8-9-14-24-17-11-19-27(34)29(24)31(36)39-26/h5-9,11-12,15-17,19-20,23,26,28,34H,3-4,10,13-14,18,21-22H2,1-2H3,(H,33,37)/t23-,26?,28+/m0/s1. The number of allylic oxidation sites excluding steroid dienone is 2. The molecule has 8 heteroatoms. The Kier molecular flexibility index (Phi) is 12.3. The van der Waals surface area contributed by atoms with E-state index in [1.54, 1.807) is 42.5 Å². The number of fused-ring (bicyclic) bond motifs is 1. The summed E-state index contributed by atoms with van der Waals surface area (Å²) >= 11 is 0. The highest BCUT2D eigenvalue weighted by atomic mass is 16.6. The second kappa shape index (κ2) is 16.1. The number of ether oxygens (including phenoxy) is 3. The Morgan fingerprint density at radius 3 is 2.67 bits per heavy atom. The number of phenols is 1. The fourth-order valence-electron chi connectivity index (χ4n) is 4.41. The first-order valence-corrected chi connectivity index (χ1v) is 13.9. The second-order valence-corrected chi connectivity index (χ2v) is 9.90. The Morgan fingerprint density at radius 2 is 1.90 bits per heavy atom. The van der Waals surface area contributed by atoms with Crippen LogP contribution in [0.5, 0.6) is 5.75 Å². The summed E-state index contributed by atoms with van der Waals surface area (Å²) in [6.07, 6.45) is 9.63. The lowest BCUT2D eigenvalue weighted by molar-refractivity contribution is -0.0129. The largest absolute Gasteiger partial charge is 0.507 e. The maximum absolute atomic E-state index is 13.3. The van der Waals surface area contributed by atoms with E-state index in [1.807, 2.05) is 25.1 Å². The number of esters is 2. The first-order chi connectivity index (χ1) is 19.4. The number of unbranched alkanes of at least 4 members (excludes halogenated alkanes) is 2. The number of nitrogens with one attached hydrogen (secondary N) is 1.